The van der Waals surface area contributed by atoms with Crippen molar-refractivity contribution in [2.45, 2.75) is 31.8 Å². The van der Waals surface area contributed by atoms with Crippen LogP contribution in [-0.2, 0) is 11.3 Å². The van der Waals surface area contributed by atoms with Crippen molar-refractivity contribution in [2.75, 3.05) is 32.8 Å². The molecule has 0 bridgehead atoms. The third kappa shape index (κ3) is 4.16. The fourth-order valence-corrected chi connectivity index (χ4v) is 4.60. The number of amides is 1. The van der Waals surface area contributed by atoms with Gasteiger partial charge in [0, 0.05) is 56.5 Å². The number of fused-ring (bicyclic) bond motifs is 1. The van der Waals surface area contributed by atoms with E-state index in [0.717, 1.165) is 63.6 Å². The first-order chi connectivity index (χ1) is 12.8. The van der Waals surface area contributed by atoms with E-state index >= 15 is 0 Å². The number of nitrogens with zero attached hydrogens (tertiary/aromatic N) is 3. The number of hydrogen-bond acceptors (Lipinski definition) is 5. The smallest absolute Gasteiger partial charge is 0.252 e. The number of thiophene rings is 1. The fraction of sp³-hybridized carbons (Fsp3) is 0.579. The Hall–Kier alpha value is -1.70. The van der Waals surface area contributed by atoms with Gasteiger partial charge in [-0.1, -0.05) is 0 Å². The lowest BCUT2D eigenvalue weighted by Crippen LogP contribution is -2.42. The van der Waals surface area contributed by atoms with E-state index in [1.807, 2.05) is 23.0 Å². The molecule has 7 heteroatoms. The molecule has 26 heavy (non-hydrogen) atoms. The molecule has 1 N–H and O–H groups in total. The number of rotatable bonds is 6. The predicted octanol–water partition coefficient (Wildman–Crippen LogP) is 2.55. The fourth-order valence-electron chi connectivity index (χ4n) is 3.96. The van der Waals surface area contributed by atoms with E-state index in [9.17, 15) is 4.79 Å². The highest BCUT2D eigenvalue weighted by Crippen LogP contribution is 2.25. The van der Waals surface area contributed by atoms with Crippen LogP contribution < -0.4 is 5.32 Å². The van der Waals surface area contributed by atoms with Crippen molar-refractivity contribution in [1.82, 2.24) is 20.0 Å². The summed E-state index contributed by atoms with van der Waals surface area (Å²) in [5.41, 5.74) is 2.03. The molecule has 0 unspecified atom stereocenters. The molecule has 0 spiro atoms. The molecule has 0 aliphatic carbocycles. The van der Waals surface area contributed by atoms with Gasteiger partial charge in [-0.3, -0.25) is 14.4 Å². The van der Waals surface area contributed by atoms with Crippen molar-refractivity contribution in [3.8, 4) is 0 Å². The van der Waals surface area contributed by atoms with Crippen LogP contribution in [-0.4, -0.2) is 53.4 Å². The molecule has 1 fully saturated rings. The van der Waals surface area contributed by atoms with Crippen LogP contribution in [0.5, 0.6) is 0 Å². The van der Waals surface area contributed by atoms with Crippen molar-refractivity contribution in [2.24, 2.45) is 5.92 Å². The van der Waals surface area contributed by atoms with Gasteiger partial charge in [0.1, 0.15) is 0 Å². The van der Waals surface area contributed by atoms with Crippen LogP contribution in [0.25, 0.3) is 0 Å². The maximum absolute atomic E-state index is 12.1. The van der Waals surface area contributed by atoms with E-state index < -0.39 is 0 Å². The summed E-state index contributed by atoms with van der Waals surface area (Å²) in [5, 5.41) is 11.4. The zero-order valence-corrected chi connectivity index (χ0v) is 15.8. The Balaban J connectivity index is 1.33. The van der Waals surface area contributed by atoms with Crippen molar-refractivity contribution >= 4 is 17.2 Å². The van der Waals surface area contributed by atoms with E-state index in [4.69, 9.17) is 4.74 Å². The second-order valence-corrected chi connectivity index (χ2v) is 8.01. The van der Waals surface area contributed by atoms with Gasteiger partial charge >= 0.3 is 0 Å². The summed E-state index contributed by atoms with van der Waals surface area (Å²) in [4.78, 5) is 14.7. The summed E-state index contributed by atoms with van der Waals surface area (Å²) in [6.07, 6.45) is 5.12. The monoisotopic (exact) mass is 374 g/mol. The standard InChI is InChI=1S/C19H26N4O2S/c24-19(16-5-10-26-14-16)20-6-1-17-12-22(11-15-3-8-25-9-4-15)13-18-2-7-21-23(17)18/h2,5,7,10,14-15,17H,1,3-4,6,8-9,11-13H2,(H,20,24)/t17-/m1/s1. The molecule has 4 heterocycles. The number of carbonyl (C=O) groups is 1. The molecule has 2 aromatic heterocycles. The lowest BCUT2D eigenvalue weighted by Gasteiger charge is -2.36. The molecule has 0 saturated carbocycles. The predicted molar refractivity (Wildman–Crippen MR) is 101 cm³/mol. The number of carbonyl (C=O) groups excluding carboxylic acids is 1. The minimum absolute atomic E-state index is 0.0156. The van der Waals surface area contributed by atoms with Crippen LogP contribution in [0.15, 0.2) is 29.1 Å². The number of hydrogen-bond donors (Lipinski definition) is 1. The molecular weight excluding hydrogens is 348 g/mol. The molecule has 0 aromatic carbocycles. The molecular formula is C19H26N4O2S. The summed E-state index contributed by atoms with van der Waals surface area (Å²) in [6, 6.07) is 4.30. The van der Waals surface area contributed by atoms with Crippen molar-refractivity contribution in [3.05, 3.63) is 40.3 Å². The highest BCUT2D eigenvalue weighted by Gasteiger charge is 2.27. The average molecular weight is 375 g/mol. The van der Waals surface area contributed by atoms with Gasteiger partial charge in [0.25, 0.3) is 5.91 Å². The zero-order chi connectivity index (χ0) is 17.8. The maximum Gasteiger partial charge on any atom is 0.252 e. The first kappa shape index (κ1) is 17.7. The third-order valence-electron chi connectivity index (χ3n) is 5.36. The molecule has 4 rings (SSSR count). The molecule has 2 aliphatic rings. The number of ether oxygens (including phenoxy) is 1. The molecule has 140 valence electrons. The van der Waals surface area contributed by atoms with Gasteiger partial charge in [-0.15, -0.1) is 0 Å². The van der Waals surface area contributed by atoms with Crippen molar-refractivity contribution in [3.63, 3.8) is 0 Å². The van der Waals surface area contributed by atoms with E-state index in [1.165, 1.54) is 5.69 Å². The summed E-state index contributed by atoms with van der Waals surface area (Å²) in [6.45, 7) is 5.56. The third-order valence-corrected chi connectivity index (χ3v) is 6.04. The first-order valence-corrected chi connectivity index (χ1v) is 10.4. The molecule has 1 saturated heterocycles. The highest BCUT2D eigenvalue weighted by molar-refractivity contribution is 7.08. The minimum atomic E-state index is 0.0156. The Morgan fingerprint density at radius 2 is 2.23 bits per heavy atom. The van der Waals surface area contributed by atoms with Crippen LogP contribution in [0.4, 0.5) is 0 Å². The van der Waals surface area contributed by atoms with Gasteiger partial charge in [0.2, 0.25) is 0 Å². The summed E-state index contributed by atoms with van der Waals surface area (Å²) < 4.78 is 7.64. The Morgan fingerprint density at radius 1 is 1.35 bits per heavy atom. The van der Waals surface area contributed by atoms with E-state index in [2.05, 4.69) is 26.1 Å². The van der Waals surface area contributed by atoms with Gasteiger partial charge in [0.15, 0.2) is 0 Å². The van der Waals surface area contributed by atoms with Gasteiger partial charge in [-0.25, -0.2) is 0 Å². The quantitative estimate of drug-likeness (QED) is 0.844. The van der Waals surface area contributed by atoms with Gasteiger partial charge < -0.3 is 10.1 Å². The summed E-state index contributed by atoms with van der Waals surface area (Å²) in [5.74, 6) is 0.749. The maximum atomic E-state index is 12.1. The Kier molecular flexibility index (Phi) is 5.67. The van der Waals surface area contributed by atoms with E-state index in [-0.39, 0.29) is 5.91 Å². The van der Waals surface area contributed by atoms with Crippen LogP contribution in [0.3, 0.4) is 0 Å². The molecule has 6 nitrogen and oxygen atoms in total. The zero-order valence-electron chi connectivity index (χ0n) is 15.0. The molecule has 1 amide bonds. The summed E-state index contributed by atoms with van der Waals surface area (Å²) in [7, 11) is 0. The largest absolute Gasteiger partial charge is 0.381 e. The highest BCUT2D eigenvalue weighted by atomic mass is 32.1. The minimum Gasteiger partial charge on any atom is -0.381 e. The van der Waals surface area contributed by atoms with E-state index in [1.54, 1.807) is 11.3 Å². The summed E-state index contributed by atoms with van der Waals surface area (Å²) >= 11 is 1.55. The SMILES string of the molecule is O=C(NCC[C@@H]1CN(CC2CCOCC2)Cc2ccnn21)c1ccsc1. The number of aromatic nitrogens is 2. The van der Waals surface area contributed by atoms with Crippen molar-refractivity contribution < 1.29 is 9.53 Å². The van der Waals surface area contributed by atoms with Crippen molar-refractivity contribution in [1.29, 1.82) is 0 Å². The lowest BCUT2D eigenvalue weighted by atomic mass is 9.98. The van der Waals surface area contributed by atoms with Crippen LogP contribution in [0, 0.1) is 5.92 Å². The normalized spacial score (nSPS) is 21.5. The van der Waals surface area contributed by atoms with Crippen LogP contribution >= 0.6 is 11.3 Å². The molecule has 2 aliphatic heterocycles. The average Bonchev–Trinajstić information content (AvgIpc) is 3.34. The number of nitrogens with one attached hydrogen (secondary N) is 1. The first-order valence-electron chi connectivity index (χ1n) is 9.42. The Labute approximate surface area is 158 Å². The Morgan fingerprint density at radius 3 is 3.04 bits per heavy atom. The van der Waals surface area contributed by atoms with Gasteiger partial charge in [0.05, 0.1) is 11.7 Å². The Bertz CT molecular complexity index is 709. The van der Waals surface area contributed by atoms with Crippen LogP contribution in [0.2, 0.25) is 0 Å². The molecule has 1 atom stereocenters. The lowest BCUT2D eigenvalue weighted by molar-refractivity contribution is 0.0443. The second-order valence-electron chi connectivity index (χ2n) is 7.23. The van der Waals surface area contributed by atoms with Gasteiger partial charge in [-0.2, -0.15) is 16.4 Å². The molecule has 0 radical (unpaired) electrons. The van der Waals surface area contributed by atoms with E-state index in [0.29, 0.717) is 12.6 Å². The molecule has 2 aromatic rings. The van der Waals surface area contributed by atoms with Crippen LogP contribution in [0.1, 0.15) is 41.4 Å². The second kappa shape index (κ2) is 8.33. The van der Waals surface area contributed by atoms with Gasteiger partial charge in [-0.05, 0) is 42.7 Å². The topological polar surface area (TPSA) is 59.4 Å².